The third-order valence-electron chi connectivity index (χ3n) is 3.55. The van der Waals surface area contributed by atoms with E-state index in [-0.39, 0.29) is 29.7 Å². The fourth-order valence-electron chi connectivity index (χ4n) is 2.10. The zero-order valence-corrected chi connectivity index (χ0v) is 18.0. The van der Waals surface area contributed by atoms with Crippen LogP contribution in [0.3, 0.4) is 0 Å². The van der Waals surface area contributed by atoms with E-state index in [0.29, 0.717) is 25.6 Å². The minimum absolute atomic E-state index is 0. The van der Waals surface area contributed by atoms with Crippen molar-refractivity contribution in [2.24, 2.45) is 4.99 Å². The number of hydrogen-bond acceptors (Lipinski definition) is 3. The highest BCUT2D eigenvalue weighted by Crippen LogP contribution is 2.03. The molecule has 8 heteroatoms. The molecule has 6 nitrogen and oxygen atoms in total. The molecule has 0 aliphatic rings. The first kappa shape index (κ1) is 23.1. The van der Waals surface area contributed by atoms with Crippen LogP contribution in [0.4, 0.5) is 0 Å². The number of aliphatic imine (C=N–C) groups is 1. The van der Waals surface area contributed by atoms with Gasteiger partial charge in [-0.15, -0.1) is 24.0 Å². The maximum absolute atomic E-state index is 11.6. The van der Waals surface area contributed by atoms with Crippen LogP contribution in [-0.4, -0.2) is 51.6 Å². The van der Waals surface area contributed by atoms with E-state index in [1.54, 1.807) is 21.0 Å². The van der Waals surface area contributed by atoms with Gasteiger partial charge in [0, 0.05) is 33.7 Å². The molecule has 1 aromatic rings. The summed E-state index contributed by atoms with van der Waals surface area (Å²) in [5, 5.41) is 6.45. The maximum Gasteiger partial charge on any atom is 0.213 e. The Labute approximate surface area is 163 Å². The first-order chi connectivity index (χ1) is 10.9. The Morgan fingerprint density at radius 2 is 2.00 bits per heavy atom. The molecular formula is C16H29IN4O2S. The Morgan fingerprint density at radius 3 is 2.58 bits per heavy atom. The molecule has 138 valence electrons. The zero-order chi connectivity index (χ0) is 17.3. The van der Waals surface area contributed by atoms with Gasteiger partial charge in [0.25, 0.3) is 0 Å². The summed E-state index contributed by atoms with van der Waals surface area (Å²) in [6, 6.07) is 8.30. The molecule has 0 aromatic heterocycles. The predicted octanol–water partition coefficient (Wildman–Crippen LogP) is 1.95. The molecule has 0 amide bonds. The second-order valence-corrected chi connectivity index (χ2v) is 7.78. The lowest BCUT2D eigenvalue weighted by Gasteiger charge is -2.17. The summed E-state index contributed by atoms with van der Waals surface area (Å²) in [7, 11) is 0.241. The van der Waals surface area contributed by atoms with Crippen LogP contribution in [0.15, 0.2) is 29.3 Å². The quantitative estimate of drug-likeness (QED) is 0.265. The molecule has 0 fully saturated rings. The Morgan fingerprint density at radius 1 is 1.29 bits per heavy atom. The van der Waals surface area contributed by atoms with Crippen molar-refractivity contribution in [1.29, 1.82) is 0 Å². The van der Waals surface area contributed by atoms with Crippen LogP contribution in [0.5, 0.6) is 0 Å². The van der Waals surface area contributed by atoms with Gasteiger partial charge in [-0.05, 0) is 25.8 Å². The molecule has 0 radical (unpaired) electrons. The number of halogens is 1. The van der Waals surface area contributed by atoms with Gasteiger partial charge < -0.3 is 10.6 Å². The molecule has 1 aromatic carbocycles. The van der Waals surface area contributed by atoms with Crippen molar-refractivity contribution in [3.8, 4) is 0 Å². The smallest absolute Gasteiger partial charge is 0.213 e. The van der Waals surface area contributed by atoms with Gasteiger partial charge in [0.2, 0.25) is 10.0 Å². The number of hydrogen-bond donors (Lipinski definition) is 2. The Kier molecular flexibility index (Phi) is 11.2. The standard InChI is InChI=1S/C16H28N4O2S.HI/c1-5-23(21,22)20(4)11-7-10-18-16(17-3)19-13-15-9-6-8-14(2)12-15;/h6,8-9,12H,5,7,10-11,13H2,1-4H3,(H2,17,18,19);1H. The normalized spacial score (nSPS) is 12.0. The van der Waals surface area contributed by atoms with Crippen LogP contribution in [-0.2, 0) is 16.6 Å². The van der Waals surface area contributed by atoms with E-state index in [1.807, 2.05) is 6.07 Å². The van der Waals surface area contributed by atoms with E-state index in [1.165, 1.54) is 15.4 Å². The summed E-state index contributed by atoms with van der Waals surface area (Å²) in [5.41, 5.74) is 2.43. The van der Waals surface area contributed by atoms with Gasteiger partial charge in [0.15, 0.2) is 5.96 Å². The molecule has 0 heterocycles. The van der Waals surface area contributed by atoms with Crippen molar-refractivity contribution in [3.05, 3.63) is 35.4 Å². The number of nitrogens with one attached hydrogen (secondary N) is 2. The largest absolute Gasteiger partial charge is 0.356 e. The number of sulfonamides is 1. The molecule has 0 aliphatic heterocycles. The van der Waals surface area contributed by atoms with Gasteiger partial charge in [-0.25, -0.2) is 12.7 Å². The van der Waals surface area contributed by atoms with Crippen molar-refractivity contribution in [2.75, 3.05) is 32.9 Å². The third-order valence-corrected chi connectivity index (χ3v) is 5.41. The minimum Gasteiger partial charge on any atom is -0.356 e. The van der Waals surface area contributed by atoms with Gasteiger partial charge >= 0.3 is 0 Å². The van der Waals surface area contributed by atoms with Crippen molar-refractivity contribution >= 4 is 40.0 Å². The van der Waals surface area contributed by atoms with Crippen molar-refractivity contribution in [1.82, 2.24) is 14.9 Å². The fraction of sp³-hybridized carbons (Fsp3) is 0.562. The molecule has 0 bridgehead atoms. The number of aryl methyl sites for hydroxylation is 1. The van der Waals surface area contributed by atoms with Gasteiger partial charge in [0.05, 0.1) is 5.75 Å². The summed E-state index contributed by atoms with van der Waals surface area (Å²) in [6.45, 7) is 5.58. The lowest BCUT2D eigenvalue weighted by atomic mass is 10.1. The second kappa shape index (κ2) is 11.6. The van der Waals surface area contributed by atoms with Crippen LogP contribution >= 0.6 is 24.0 Å². The first-order valence-electron chi connectivity index (χ1n) is 7.83. The average molecular weight is 468 g/mol. The maximum atomic E-state index is 11.6. The molecular weight excluding hydrogens is 439 g/mol. The van der Waals surface area contributed by atoms with Crippen molar-refractivity contribution < 1.29 is 8.42 Å². The van der Waals surface area contributed by atoms with Gasteiger partial charge in [-0.1, -0.05) is 29.8 Å². The first-order valence-corrected chi connectivity index (χ1v) is 9.44. The van der Waals surface area contributed by atoms with Gasteiger partial charge in [0.1, 0.15) is 0 Å². The molecule has 0 saturated heterocycles. The number of guanidine groups is 1. The summed E-state index contributed by atoms with van der Waals surface area (Å²) in [5.74, 6) is 0.851. The molecule has 0 unspecified atom stereocenters. The van der Waals surface area contributed by atoms with Gasteiger partial charge in [-0.2, -0.15) is 0 Å². The molecule has 1 rings (SSSR count). The summed E-state index contributed by atoms with van der Waals surface area (Å²) in [4.78, 5) is 4.17. The van der Waals surface area contributed by atoms with Crippen LogP contribution in [0.2, 0.25) is 0 Å². The van der Waals surface area contributed by atoms with E-state index in [2.05, 4.69) is 40.7 Å². The van der Waals surface area contributed by atoms with Gasteiger partial charge in [-0.3, -0.25) is 4.99 Å². The van der Waals surface area contributed by atoms with E-state index < -0.39 is 10.0 Å². The molecule has 0 aliphatic carbocycles. The summed E-state index contributed by atoms with van der Waals surface area (Å²) >= 11 is 0. The van der Waals surface area contributed by atoms with Crippen LogP contribution in [0.1, 0.15) is 24.5 Å². The van der Waals surface area contributed by atoms with E-state index >= 15 is 0 Å². The van der Waals surface area contributed by atoms with Crippen molar-refractivity contribution in [2.45, 2.75) is 26.8 Å². The van der Waals surface area contributed by atoms with E-state index in [0.717, 1.165) is 6.42 Å². The molecule has 0 atom stereocenters. The molecule has 24 heavy (non-hydrogen) atoms. The summed E-state index contributed by atoms with van der Waals surface area (Å²) in [6.07, 6.45) is 0.723. The monoisotopic (exact) mass is 468 g/mol. The zero-order valence-electron chi connectivity index (χ0n) is 14.9. The highest BCUT2D eigenvalue weighted by Gasteiger charge is 2.13. The number of rotatable bonds is 8. The van der Waals surface area contributed by atoms with E-state index in [9.17, 15) is 8.42 Å². The fourth-order valence-corrected chi connectivity index (χ4v) is 2.94. The molecule has 0 spiro atoms. The highest BCUT2D eigenvalue weighted by atomic mass is 127. The highest BCUT2D eigenvalue weighted by molar-refractivity contribution is 14.0. The second-order valence-electron chi connectivity index (χ2n) is 5.42. The number of nitrogens with zero attached hydrogens (tertiary/aromatic N) is 2. The SMILES string of the molecule is CCS(=O)(=O)N(C)CCCNC(=NC)NCc1cccc(C)c1.I. The minimum atomic E-state index is -3.10. The molecule has 0 saturated carbocycles. The predicted molar refractivity (Wildman–Crippen MR) is 112 cm³/mol. The Hall–Kier alpha value is -0.870. The van der Waals surface area contributed by atoms with Crippen LogP contribution in [0.25, 0.3) is 0 Å². The number of benzene rings is 1. The summed E-state index contributed by atoms with van der Waals surface area (Å²) < 4.78 is 24.7. The average Bonchev–Trinajstić information content (AvgIpc) is 2.54. The van der Waals surface area contributed by atoms with Crippen molar-refractivity contribution in [3.63, 3.8) is 0 Å². The molecule has 2 N–H and O–H groups in total. The Balaban J connectivity index is 0.00000529. The lowest BCUT2D eigenvalue weighted by molar-refractivity contribution is 0.461. The third kappa shape index (κ3) is 8.29. The topological polar surface area (TPSA) is 73.8 Å². The van der Waals surface area contributed by atoms with Crippen LogP contribution < -0.4 is 10.6 Å². The Bertz CT molecular complexity index is 620. The van der Waals surface area contributed by atoms with Crippen LogP contribution in [0, 0.1) is 6.92 Å². The van der Waals surface area contributed by atoms with E-state index in [4.69, 9.17) is 0 Å². The lowest BCUT2D eigenvalue weighted by Crippen LogP contribution is -2.38.